The molecule has 1 fully saturated rings. The fourth-order valence-corrected chi connectivity index (χ4v) is 3.27. The summed E-state index contributed by atoms with van der Waals surface area (Å²) >= 11 is 0. The molecule has 24 heavy (non-hydrogen) atoms. The van der Waals surface area contributed by atoms with E-state index in [1.165, 1.54) is 0 Å². The van der Waals surface area contributed by atoms with Crippen LogP contribution in [0.1, 0.15) is 34.8 Å². The number of carbonyl (C=O) groups is 1. The van der Waals surface area contributed by atoms with Crippen molar-refractivity contribution in [3.05, 3.63) is 59.3 Å². The van der Waals surface area contributed by atoms with E-state index in [2.05, 4.69) is 15.2 Å². The number of pyridine rings is 1. The highest BCUT2D eigenvalue weighted by molar-refractivity contribution is 5.94. The summed E-state index contributed by atoms with van der Waals surface area (Å²) in [5.41, 5.74) is 1.77. The lowest BCUT2D eigenvalue weighted by molar-refractivity contribution is 0.0600. The Hall–Kier alpha value is -2.40. The SMILES string of the molecule is CCNC(=O)c1ccc(N2CCC(O)(c3ccccc3C)C2)nc1. The predicted octanol–water partition coefficient (Wildman–Crippen LogP) is 2.24. The van der Waals surface area contributed by atoms with Crippen LogP contribution in [0.2, 0.25) is 0 Å². The highest BCUT2D eigenvalue weighted by Crippen LogP contribution is 2.35. The van der Waals surface area contributed by atoms with Crippen molar-refractivity contribution in [1.29, 1.82) is 0 Å². The van der Waals surface area contributed by atoms with Gasteiger partial charge >= 0.3 is 0 Å². The fraction of sp³-hybridized carbons (Fsp3) is 0.368. The van der Waals surface area contributed by atoms with Gasteiger partial charge < -0.3 is 15.3 Å². The van der Waals surface area contributed by atoms with Crippen LogP contribution in [0.3, 0.4) is 0 Å². The molecule has 126 valence electrons. The molecule has 1 aliphatic heterocycles. The number of amides is 1. The van der Waals surface area contributed by atoms with Gasteiger partial charge in [0, 0.05) is 19.3 Å². The van der Waals surface area contributed by atoms with Crippen LogP contribution in [0.4, 0.5) is 5.82 Å². The summed E-state index contributed by atoms with van der Waals surface area (Å²) < 4.78 is 0. The minimum absolute atomic E-state index is 0.116. The monoisotopic (exact) mass is 325 g/mol. The average molecular weight is 325 g/mol. The Labute approximate surface area is 142 Å². The molecule has 2 N–H and O–H groups in total. The molecule has 1 atom stereocenters. The van der Waals surface area contributed by atoms with Crippen molar-refractivity contribution >= 4 is 11.7 Å². The second-order valence-electron chi connectivity index (χ2n) is 6.28. The van der Waals surface area contributed by atoms with E-state index in [0.717, 1.165) is 23.5 Å². The maximum Gasteiger partial charge on any atom is 0.252 e. The third-order valence-corrected chi connectivity index (χ3v) is 4.57. The normalized spacial score (nSPS) is 20.2. The number of benzene rings is 1. The van der Waals surface area contributed by atoms with Crippen LogP contribution in [0.15, 0.2) is 42.6 Å². The minimum Gasteiger partial charge on any atom is -0.383 e. The van der Waals surface area contributed by atoms with E-state index in [1.807, 2.05) is 44.2 Å². The topological polar surface area (TPSA) is 65.5 Å². The lowest BCUT2D eigenvalue weighted by Crippen LogP contribution is -2.31. The summed E-state index contributed by atoms with van der Waals surface area (Å²) in [5.74, 6) is 0.668. The van der Waals surface area contributed by atoms with Gasteiger partial charge in [0.1, 0.15) is 11.4 Å². The Morgan fingerprint density at radius 2 is 2.12 bits per heavy atom. The van der Waals surface area contributed by atoms with Gasteiger partial charge in [0.2, 0.25) is 0 Å². The van der Waals surface area contributed by atoms with Gasteiger partial charge in [0.15, 0.2) is 0 Å². The van der Waals surface area contributed by atoms with Crippen LogP contribution in [0.5, 0.6) is 0 Å². The van der Waals surface area contributed by atoms with Crippen molar-refractivity contribution < 1.29 is 9.90 Å². The molecule has 5 nitrogen and oxygen atoms in total. The van der Waals surface area contributed by atoms with Crippen LogP contribution in [0, 0.1) is 6.92 Å². The van der Waals surface area contributed by atoms with Crippen LogP contribution < -0.4 is 10.2 Å². The first-order valence-electron chi connectivity index (χ1n) is 8.31. The van der Waals surface area contributed by atoms with Gasteiger partial charge in [0.05, 0.1) is 12.1 Å². The predicted molar refractivity (Wildman–Crippen MR) is 94.2 cm³/mol. The van der Waals surface area contributed by atoms with Crippen LogP contribution in [-0.2, 0) is 5.60 Å². The molecular weight excluding hydrogens is 302 g/mol. The third kappa shape index (κ3) is 3.12. The molecule has 2 aromatic rings. The molecule has 1 saturated heterocycles. The Morgan fingerprint density at radius 1 is 1.33 bits per heavy atom. The number of β-amino-alcohol motifs (C(OH)–C–C–N with tert-alkyl or cyclic N) is 1. The number of aryl methyl sites for hydroxylation is 1. The maximum atomic E-state index is 11.8. The van der Waals surface area contributed by atoms with Crippen molar-refractivity contribution in [2.45, 2.75) is 25.9 Å². The van der Waals surface area contributed by atoms with Crippen molar-refractivity contribution in [2.75, 3.05) is 24.5 Å². The van der Waals surface area contributed by atoms with Gasteiger partial charge in [-0.15, -0.1) is 0 Å². The lowest BCUT2D eigenvalue weighted by Gasteiger charge is -2.26. The quantitative estimate of drug-likeness (QED) is 0.905. The van der Waals surface area contributed by atoms with E-state index >= 15 is 0 Å². The van der Waals surface area contributed by atoms with Crippen LogP contribution in [-0.4, -0.2) is 35.6 Å². The van der Waals surface area contributed by atoms with Gasteiger partial charge in [-0.25, -0.2) is 4.98 Å². The molecular formula is C19H23N3O2. The number of anilines is 1. The maximum absolute atomic E-state index is 11.8. The summed E-state index contributed by atoms with van der Waals surface area (Å²) in [6.07, 6.45) is 2.25. The summed E-state index contributed by atoms with van der Waals surface area (Å²) in [7, 11) is 0. The molecule has 1 aliphatic rings. The number of nitrogens with zero attached hydrogens (tertiary/aromatic N) is 2. The zero-order valence-corrected chi connectivity index (χ0v) is 14.1. The number of aliphatic hydroxyl groups is 1. The third-order valence-electron chi connectivity index (χ3n) is 4.57. The molecule has 1 amide bonds. The molecule has 0 bridgehead atoms. The highest BCUT2D eigenvalue weighted by atomic mass is 16.3. The first-order valence-corrected chi connectivity index (χ1v) is 8.31. The van der Waals surface area contributed by atoms with E-state index in [1.54, 1.807) is 12.3 Å². The zero-order valence-electron chi connectivity index (χ0n) is 14.1. The standard InChI is InChI=1S/C19H23N3O2/c1-3-20-18(23)15-8-9-17(21-12-15)22-11-10-19(24,13-22)16-7-5-4-6-14(16)2/h4-9,12,24H,3,10-11,13H2,1-2H3,(H,20,23). The molecule has 5 heteroatoms. The molecule has 1 aromatic carbocycles. The first-order chi connectivity index (χ1) is 11.5. The number of carbonyl (C=O) groups excluding carboxylic acids is 1. The second kappa shape index (κ2) is 6.61. The molecule has 0 aliphatic carbocycles. The fourth-order valence-electron chi connectivity index (χ4n) is 3.27. The molecule has 0 radical (unpaired) electrons. The van der Waals surface area contributed by atoms with Gasteiger partial charge in [-0.1, -0.05) is 24.3 Å². The van der Waals surface area contributed by atoms with Gasteiger partial charge in [-0.2, -0.15) is 0 Å². The second-order valence-corrected chi connectivity index (χ2v) is 6.28. The lowest BCUT2D eigenvalue weighted by atomic mass is 9.89. The number of hydrogen-bond donors (Lipinski definition) is 2. The van der Waals surface area contributed by atoms with E-state index in [-0.39, 0.29) is 5.91 Å². The summed E-state index contributed by atoms with van der Waals surface area (Å²) in [5, 5.41) is 13.8. The molecule has 0 saturated carbocycles. The Morgan fingerprint density at radius 3 is 2.79 bits per heavy atom. The van der Waals surface area contributed by atoms with Crippen molar-refractivity contribution in [2.24, 2.45) is 0 Å². The molecule has 1 aromatic heterocycles. The van der Waals surface area contributed by atoms with Crippen LogP contribution >= 0.6 is 0 Å². The minimum atomic E-state index is -0.856. The van der Waals surface area contributed by atoms with Crippen molar-refractivity contribution in [1.82, 2.24) is 10.3 Å². The Kier molecular flexibility index (Phi) is 4.53. The average Bonchev–Trinajstić information content (AvgIpc) is 2.99. The summed E-state index contributed by atoms with van der Waals surface area (Å²) in [6.45, 7) is 5.74. The smallest absolute Gasteiger partial charge is 0.252 e. The Bertz CT molecular complexity index is 730. The number of rotatable bonds is 4. The molecule has 1 unspecified atom stereocenters. The number of hydrogen-bond acceptors (Lipinski definition) is 4. The molecule has 0 spiro atoms. The summed E-state index contributed by atoms with van der Waals surface area (Å²) in [4.78, 5) is 18.3. The first kappa shape index (κ1) is 16.5. The van der Waals surface area contributed by atoms with Crippen molar-refractivity contribution in [3.63, 3.8) is 0 Å². The van der Waals surface area contributed by atoms with Gasteiger partial charge in [-0.05, 0) is 43.5 Å². The van der Waals surface area contributed by atoms with E-state index < -0.39 is 5.60 Å². The number of aromatic nitrogens is 1. The van der Waals surface area contributed by atoms with Crippen molar-refractivity contribution in [3.8, 4) is 0 Å². The van der Waals surface area contributed by atoms with Crippen LogP contribution in [0.25, 0.3) is 0 Å². The largest absolute Gasteiger partial charge is 0.383 e. The Balaban J connectivity index is 1.76. The molecule has 2 heterocycles. The zero-order chi connectivity index (χ0) is 17.2. The van der Waals surface area contributed by atoms with Gasteiger partial charge in [-0.3, -0.25) is 4.79 Å². The molecule has 3 rings (SSSR count). The number of nitrogens with one attached hydrogen (secondary N) is 1. The van der Waals surface area contributed by atoms with E-state index in [0.29, 0.717) is 25.1 Å². The van der Waals surface area contributed by atoms with Gasteiger partial charge in [0.25, 0.3) is 5.91 Å². The van der Waals surface area contributed by atoms with E-state index in [4.69, 9.17) is 0 Å². The summed E-state index contributed by atoms with van der Waals surface area (Å²) in [6, 6.07) is 11.6. The van der Waals surface area contributed by atoms with E-state index in [9.17, 15) is 9.90 Å². The highest BCUT2D eigenvalue weighted by Gasteiger charge is 2.39.